The number of hydrogen-bond donors (Lipinski definition) is 0. The van der Waals surface area contributed by atoms with Crippen LogP contribution in [0.15, 0.2) is 249 Å². The van der Waals surface area contributed by atoms with Crippen LogP contribution in [0.25, 0.3) is 115 Å². The highest BCUT2D eigenvalue weighted by atomic mass is 15.1. The van der Waals surface area contributed by atoms with Gasteiger partial charge in [0.2, 0.25) is 0 Å². The van der Waals surface area contributed by atoms with Crippen molar-refractivity contribution in [3.8, 4) is 28.2 Å². The molecule has 6 nitrogen and oxygen atoms in total. The monoisotopic (exact) mass is 932 g/mol. The SMILES string of the molecule is Cc1c(-n2cnc3c4ccccc4c4ccccc4c32)cc(-c2ccc(-n3c4ccccc4c4cc(N(c5ccccc5)c5ccccc5)ccc43)cc2)cc1-n1cnc2c3ccccc3c3ccccc3c21. The van der Waals surface area contributed by atoms with E-state index in [-0.39, 0.29) is 0 Å². The molecule has 0 N–H and O–H groups in total. The number of fused-ring (bicyclic) bond motifs is 15. The zero-order chi connectivity index (χ0) is 48.1. The largest absolute Gasteiger partial charge is 0.310 e. The van der Waals surface area contributed by atoms with Crippen molar-refractivity contribution in [2.24, 2.45) is 0 Å². The molecule has 0 aliphatic heterocycles. The molecule has 12 aromatic carbocycles. The molecule has 0 saturated carbocycles. The van der Waals surface area contributed by atoms with Gasteiger partial charge in [0.15, 0.2) is 0 Å². The van der Waals surface area contributed by atoms with Crippen LogP contribution >= 0.6 is 0 Å². The predicted molar refractivity (Wildman–Crippen MR) is 305 cm³/mol. The summed E-state index contributed by atoms with van der Waals surface area (Å²) in [5, 5.41) is 11.9. The number of imidazole rings is 2. The highest BCUT2D eigenvalue weighted by molar-refractivity contribution is 6.25. The fraction of sp³-hybridized carbons (Fsp3) is 0.0149. The Morgan fingerprint density at radius 3 is 1.27 bits per heavy atom. The first-order chi connectivity index (χ1) is 36.2. The first kappa shape index (κ1) is 41.0. The Hall–Kier alpha value is -9.78. The third kappa shape index (κ3) is 6.24. The Bertz CT molecular complexity index is 4460. The lowest BCUT2D eigenvalue weighted by atomic mass is 9.98. The molecule has 15 rings (SSSR count). The lowest BCUT2D eigenvalue weighted by Crippen LogP contribution is -2.09. The van der Waals surface area contributed by atoms with Crippen LogP contribution < -0.4 is 4.90 Å². The summed E-state index contributed by atoms with van der Waals surface area (Å²) < 4.78 is 7.03. The minimum Gasteiger partial charge on any atom is -0.310 e. The van der Waals surface area contributed by atoms with Crippen molar-refractivity contribution in [2.45, 2.75) is 6.92 Å². The molecule has 3 heterocycles. The van der Waals surface area contributed by atoms with E-state index in [1.807, 2.05) is 12.7 Å². The Kier molecular flexibility index (Phi) is 9.07. The maximum atomic E-state index is 5.21. The van der Waals surface area contributed by atoms with Gasteiger partial charge in [-0.05, 0) is 118 Å². The Morgan fingerprint density at radius 1 is 0.329 bits per heavy atom. The first-order valence-electron chi connectivity index (χ1n) is 24.9. The van der Waals surface area contributed by atoms with Crippen LogP contribution in [-0.2, 0) is 0 Å². The van der Waals surface area contributed by atoms with E-state index < -0.39 is 0 Å². The highest BCUT2D eigenvalue weighted by Gasteiger charge is 2.22. The summed E-state index contributed by atoms with van der Waals surface area (Å²) in [6, 6.07) is 85.4. The molecule has 6 heteroatoms. The molecule has 0 saturated heterocycles. The maximum Gasteiger partial charge on any atom is 0.100 e. The Labute approximate surface area is 420 Å². The summed E-state index contributed by atoms with van der Waals surface area (Å²) in [5.41, 5.74) is 16.3. The van der Waals surface area contributed by atoms with Crippen molar-refractivity contribution < 1.29 is 0 Å². The summed E-state index contributed by atoms with van der Waals surface area (Å²) in [6.07, 6.45) is 4.04. The minimum atomic E-state index is 0.988. The van der Waals surface area contributed by atoms with Gasteiger partial charge in [-0.1, -0.05) is 164 Å². The average Bonchev–Trinajstić information content (AvgIpc) is 4.20. The predicted octanol–water partition coefficient (Wildman–Crippen LogP) is 17.5. The second kappa shape index (κ2) is 16.1. The molecule has 0 atom stereocenters. The van der Waals surface area contributed by atoms with Gasteiger partial charge in [-0.3, -0.25) is 9.13 Å². The summed E-state index contributed by atoms with van der Waals surface area (Å²) in [5.74, 6) is 0. The fourth-order valence-corrected chi connectivity index (χ4v) is 11.8. The van der Waals surface area contributed by atoms with Crippen molar-refractivity contribution in [2.75, 3.05) is 4.90 Å². The van der Waals surface area contributed by atoms with E-state index in [1.54, 1.807) is 0 Å². The zero-order valence-electron chi connectivity index (χ0n) is 39.9. The van der Waals surface area contributed by atoms with Gasteiger partial charge in [0, 0.05) is 55.1 Å². The van der Waals surface area contributed by atoms with E-state index in [9.17, 15) is 0 Å². The van der Waals surface area contributed by atoms with E-state index in [1.165, 1.54) is 43.1 Å². The fourth-order valence-electron chi connectivity index (χ4n) is 11.8. The number of aromatic nitrogens is 5. The van der Waals surface area contributed by atoms with Crippen molar-refractivity contribution in [1.29, 1.82) is 0 Å². The molecule has 342 valence electrons. The van der Waals surface area contributed by atoms with Crippen molar-refractivity contribution in [3.05, 3.63) is 255 Å². The summed E-state index contributed by atoms with van der Waals surface area (Å²) in [6.45, 7) is 2.24. The third-order valence-corrected chi connectivity index (χ3v) is 15.1. The summed E-state index contributed by atoms with van der Waals surface area (Å²) >= 11 is 0. The molecule has 73 heavy (non-hydrogen) atoms. The molecule has 0 bridgehead atoms. The van der Waals surface area contributed by atoms with Gasteiger partial charge in [-0.25, -0.2) is 9.97 Å². The lowest BCUT2D eigenvalue weighted by Gasteiger charge is -2.25. The molecule has 0 aliphatic carbocycles. The van der Waals surface area contributed by atoms with E-state index in [0.29, 0.717) is 0 Å². The topological polar surface area (TPSA) is 43.8 Å². The molecule has 0 amide bonds. The molecule has 0 aliphatic rings. The van der Waals surface area contributed by atoms with Crippen molar-refractivity contribution in [1.82, 2.24) is 23.7 Å². The number of para-hydroxylation sites is 3. The normalized spacial score (nSPS) is 11.9. The molecule has 0 unspecified atom stereocenters. The Morgan fingerprint density at radius 2 is 0.753 bits per heavy atom. The molecule has 0 spiro atoms. The molecule has 0 radical (unpaired) electrons. The number of hydrogen-bond acceptors (Lipinski definition) is 3. The smallest absolute Gasteiger partial charge is 0.100 e. The zero-order valence-corrected chi connectivity index (χ0v) is 39.9. The van der Waals surface area contributed by atoms with Gasteiger partial charge in [-0.15, -0.1) is 0 Å². The van der Waals surface area contributed by atoms with E-state index >= 15 is 0 Å². The second-order valence-electron chi connectivity index (χ2n) is 19.1. The van der Waals surface area contributed by atoms with E-state index in [4.69, 9.17) is 9.97 Å². The maximum absolute atomic E-state index is 5.21. The van der Waals surface area contributed by atoms with Crippen molar-refractivity contribution in [3.63, 3.8) is 0 Å². The quantitative estimate of drug-likeness (QED) is 0.150. The molecular weight excluding hydrogens is 889 g/mol. The number of rotatable bonds is 7. The van der Waals surface area contributed by atoms with Crippen LogP contribution in [0.1, 0.15) is 5.56 Å². The summed E-state index contributed by atoms with van der Waals surface area (Å²) in [7, 11) is 0. The Balaban J connectivity index is 0.932. The first-order valence-corrected chi connectivity index (χ1v) is 24.9. The van der Waals surface area contributed by atoms with Crippen molar-refractivity contribution >= 4 is 104 Å². The average molecular weight is 933 g/mol. The van der Waals surface area contributed by atoms with E-state index in [0.717, 1.165) is 94.7 Å². The highest BCUT2D eigenvalue weighted by Crippen LogP contribution is 2.43. The molecule has 3 aromatic heterocycles. The van der Waals surface area contributed by atoms with Crippen LogP contribution in [0.5, 0.6) is 0 Å². The standard InChI is InChI=1S/C67H44N6/c1-43-62(70-41-68-64-55-27-12-8-22-50(55)52-24-10-14-29-57(52)66(64)70)38-45(39-63(43)71-42-69-65-56-28-13-9-23-51(56)53-25-11-15-30-58(53)67(65)71)44-32-34-48(35-33-44)73-60-31-17-16-26-54(60)59-40-49(36-37-61(59)73)72(46-18-4-2-5-19-46)47-20-6-3-7-21-47/h2-42H,1H3. The summed E-state index contributed by atoms with van der Waals surface area (Å²) in [4.78, 5) is 12.7. The second-order valence-corrected chi connectivity index (χ2v) is 19.1. The van der Waals surface area contributed by atoms with Gasteiger partial charge in [0.05, 0.1) is 44.5 Å². The van der Waals surface area contributed by atoms with Crippen LogP contribution in [0.4, 0.5) is 17.1 Å². The van der Waals surface area contributed by atoms with Crippen LogP contribution in [0.2, 0.25) is 0 Å². The van der Waals surface area contributed by atoms with Gasteiger partial charge in [0.25, 0.3) is 0 Å². The minimum absolute atomic E-state index is 0.988. The van der Waals surface area contributed by atoms with Crippen LogP contribution in [0, 0.1) is 6.92 Å². The van der Waals surface area contributed by atoms with Crippen LogP contribution in [0.3, 0.4) is 0 Å². The van der Waals surface area contributed by atoms with Gasteiger partial charge in [-0.2, -0.15) is 0 Å². The molecular formula is C67H44N6. The third-order valence-electron chi connectivity index (χ3n) is 15.1. The van der Waals surface area contributed by atoms with E-state index in [2.05, 4.69) is 262 Å². The lowest BCUT2D eigenvalue weighted by molar-refractivity contribution is 1.03. The van der Waals surface area contributed by atoms with Gasteiger partial charge in [0.1, 0.15) is 12.7 Å². The van der Waals surface area contributed by atoms with Gasteiger partial charge >= 0.3 is 0 Å². The number of nitrogens with zero attached hydrogens (tertiary/aromatic N) is 6. The molecule has 15 aromatic rings. The van der Waals surface area contributed by atoms with Crippen LogP contribution in [-0.4, -0.2) is 23.7 Å². The number of benzene rings is 12. The molecule has 0 fully saturated rings. The van der Waals surface area contributed by atoms with Gasteiger partial charge < -0.3 is 9.47 Å². The number of anilines is 3.